The summed E-state index contributed by atoms with van der Waals surface area (Å²) in [7, 11) is 0. The summed E-state index contributed by atoms with van der Waals surface area (Å²) in [5.41, 5.74) is 0.0715. The first-order valence-corrected chi connectivity index (χ1v) is 10.7. The molecule has 0 aliphatic heterocycles. The minimum Gasteiger partial charge on any atom is -0.469 e. The van der Waals surface area contributed by atoms with Gasteiger partial charge >= 0.3 is 6.18 Å². The lowest BCUT2D eigenvalue weighted by Crippen LogP contribution is -2.41. The molecule has 3 rings (SSSR count). The van der Waals surface area contributed by atoms with Crippen LogP contribution in [0.3, 0.4) is 0 Å². The van der Waals surface area contributed by atoms with Crippen LogP contribution in [0.5, 0.6) is 0 Å². The maximum Gasteiger partial charge on any atom is 0.416 e. The smallest absolute Gasteiger partial charge is 0.416 e. The van der Waals surface area contributed by atoms with Crippen molar-refractivity contribution in [2.45, 2.75) is 45.3 Å². The molecule has 0 spiro atoms. The second kappa shape index (κ2) is 12.5. The second-order valence-electron chi connectivity index (χ2n) is 7.92. The highest BCUT2D eigenvalue weighted by Crippen LogP contribution is 2.48. The van der Waals surface area contributed by atoms with Crippen LogP contribution in [-0.2, 0) is 23.9 Å². The highest BCUT2D eigenvalue weighted by Gasteiger charge is 2.42. The van der Waals surface area contributed by atoms with Crippen molar-refractivity contribution >= 4 is 29.9 Å². The monoisotopic (exact) mass is 565 g/mol. The van der Waals surface area contributed by atoms with Crippen molar-refractivity contribution in [1.29, 1.82) is 0 Å². The summed E-state index contributed by atoms with van der Waals surface area (Å²) in [5.74, 6) is 1.45. The van der Waals surface area contributed by atoms with E-state index in [0.717, 1.165) is 50.3 Å². The fourth-order valence-electron chi connectivity index (χ4n) is 3.35. The molecule has 32 heavy (non-hydrogen) atoms. The number of nitrogens with one attached hydrogen (secondary N) is 2. The quantitative estimate of drug-likeness (QED) is 0.166. The normalized spacial score (nSPS) is 15.2. The Hall–Kier alpha value is -1.75. The van der Waals surface area contributed by atoms with Crippen molar-refractivity contribution in [1.82, 2.24) is 10.6 Å². The van der Waals surface area contributed by atoms with Gasteiger partial charge in [-0.25, -0.2) is 4.99 Å². The van der Waals surface area contributed by atoms with Crippen LogP contribution >= 0.6 is 24.0 Å². The topological polar surface area (TPSA) is 58.8 Å². The van der Waals surface area contributed by atoms with Crippen molar-refractivity contribution in [3.8, 4) is 0 Å². The van der Waals surface area contributed by atoms with Crippen molar-refractivity contribution in [2.75, 3.05) is 26.3 Å². The van der Waals surface area contributed by atoms with Crippen LogP contribution in [-0.4, -0.2) is 32.3 Å². The molecular weight excluding hydrogens is 534 g/mol. The van der Waals surface area contributed by atoms with E-state index in [4.69, 9.17) is 9.15 Å². The van der Waals surface area contributed by atoms with Crippen LogP contribution in [0, 0.1) is 5.41 Å². The lowest BCUT2D eigenvalue weighted by molar-refractivity contribution is -0.137. The first kappa shape index (κ1) is 26.5. The van der Waals surface area contributed by atoms with Gasteiger partial charge in [0.1, 0.15) is 5.76 Å². The highest BCUT2D eigenvalue weighted by atomic mass is 127. The Labute approximate surface area is 204 Å². The molecule has 5 nitrogen and oxygen atoms in total. The van der Waals surface area contributed by atoms with E-state index in [-0.39, 0.29) is 35.9 Å². The number of hydrogen-bond donors (Lipinski definition) is 2. The molecule has 9 heteroatoms. The summed E-state index contributed by atoms with van der Waals surface area (Å²) in [4.78, 5) is 4.53. The Balaban J connectivity index is 0.00000363. The van der Waals surface area contributed by atoms with Crippen LogP contribution in [0.4, 0.5) is 13.2 Å². The fourth-order valence-corrected chi connectivity index (χ4v) is 3.35. The lowest BCUT2D eigenvalue weighted by atomic mass is 10.0. The zero-order valence-electron chi connectivity index (χ0n) is 18.2. The van der Waals surface area contributed by atoms with Crippen LogP contribution < -0.4 is 10.6 Å². The first-order chi connectivity index (χ1) is 14.9. The maximum absolute atomic E-state index is 13.0. The molecule has 0 radical (unpaired) electrons. The number of benzene rings is 1. The van der Waals surface area contributed by atoms with Crippen molar-refractivity contribution < 1.29 is 22.3 Å². The number of halogens is 4. The van der Waals surface area contributed by atoms with Crippen molar-refractivity contribution in [3.05, 3.63) is 59.5 Å². The zero-order chi connectivity index (χ0) is 22.2. The molecule has 1 aliphatic carbocycles. The number of nitrogens with zero attached hydrogens (tertiary/aromatic N) is 1. The number of aliphatic imine (C=N–C) groups is 1. The largest absolute Gasteiger partial charge is 0.469 e. The molecule has 0 saturated heterocycles. The Bertz CT molecular complexity index is 837. The minimum absolute atomic E-state index is 0. The predicted molar refractivity (Wildman–Crippen MR) is 129 cm³/mol. The third kappa shape index (κ3) is 8.65. The maximum atomic E-state index is 13.0. The molecule has 0 amide bonds. The molecule has 1 aliphatic rings. The van der Waals surface area contributed by atoms with E-state index in [0.29, 0.717) is 31.1 Å². The molecule has 0 atom stereocenters. The number of guanidine groups is 1. The summed E-state index contributed by atoms with van der Waals surface area (Å²) >= 11 is 0. The van der Waals surface area contributed by atoms with Gasteiger partial charge in [-0.3, -0.25) is 0 Å². The number of alkyl halides is 3. The van der Waals surface area contributed by atoms with Gasteiger partial charge in [-0.2, -0.15) is 13.2 Å². The van der Waals surface area contributed by atoms with Crippen LogP contribution in [0.15, 0.2) is 52.1 Å². The van der Waals surface area contributed by atoms with E-state index in [1.165, 1.54) is 6.07 Å². The summed E-state index contributed by atoms with van der Waals surface area (Å²) in [6.45, 7) is 4.96. The number of furan rings is 1. The average Bonchev–Trinajstić information content (AvgIpc) is 3.32. The summed E-state index contributed by atoms with van der Waals surface area (Å²) < 4.78 is 49.8. The SMILES string of the molecule is CCOCCC1(CNC(=NCc2cccc(C(F)(F)F)c2)NCCc2ccco2)CC1.I. The van der Waals surface area contributed by atoms with Gasteiger partial charge < -0.3 is 19.8 Å². The standard InChI is InChI=1S/C23H30F3N3O2.HI/c1-2-30-14-11-22(9-10-22)17-29-21(27-12-8-20-7-4-13-31-20)28-16-18-5-3-6-19(15-18)23(24,25)26;/h3-7,13,15H,2,8-12,14,16-17H2,1H3,(H2,27,28,29);1H. The van der Waals surface area contributed by atoms with Gasteiger partial charge in [0.05, 0.1) is 18.4 Å². The molecule has 1 saturated carbocycles. The van der Waals surface area contributed by atoms with Gasteiger partial charge in [0.25, 0.3) is 0 Å². The number of rotatable bonds is 11. The summed E-state index contributed by atoms with van der Waals surface area (Å²) in [6.07, 6.45) is 1.22. The van der Waals surface area contributed by atoms with Gasteiger partial charge in [-0.05, 0) is 61.4 Å². The number of hydrogen-bond acceptors (Lipinski definition) is 3. The molecule has 178 valence electrons. The van der Waals surface area contributed by atoms with Gasteiger partial charge in [0.15, 0.2) is 5.96 Å². The molecule has 1 fully saturated rings. The minimum atomic E-state index is -4.36. The van der Waals surface area contributed by atoms with E-state index in [1.807, 2.05) is 19.1 Å². The van der Waals surface area contributed by atoms with E-state index in [1.54, 1.807) is 12.3 Å². The van der Waals surface area contributed by atoms with E-state index >= 15 is 0 Å². The number of ether oxygens (including phenoxy) is 1. The van der Waals surface area contributed by atoms with Crippen molar-refractivity contribution in [3.63, 3.8) is 0 Å². The van der Waals surface area contributed by atoms with E-state index < -0.39 is 11.7 Å². The Morgan fingerprint density at radius 1 is 1.19 bits per heavy atom. The first-order valence-electron chi connectivity index (χ1n) is 10.7. The Morgan fingerprint density at radius 2 is 2.00 bits per heavy atom. The van der Waals surface area contributed by atoms with Crippen LogP contribution in [0.1, 0.15) is 43.1 Å². The molecule has 1 heterocycles. The Kier molecular flexibility index (Phi) is 10.3. The van der Waals surface area contributed by atoms with E-state index in [2.05, 4.69) is 15.6 Å². The highest BCUT2D eigenvalue weighted by molar-refractivity contribution is 14.0. The van der Waals surface area contributed by atoms with Gasteiger partial charge in [-0.15, -0.1) is 24.0 Å². The molecule has 1 aromatic carbocycles. The van der Waals surface area contributed by atoms with Crippen LogP contribution in [0.25, 0.3) is 0 Å². The molecule has 1 aromatic heterocycles. The fraction of sp³-hybridized carbons (Fsp3) is 0.522. The lowest BCUT2D eigenvalue weighted by Gasteiger charge is -2.19. The average molecular weight is 565 g/mol. The van der Waals surface area contributed by atoms with Crippen molar-refractivity contribution in [2.24, 2.45) is 10.4 Å². The third-order valence-corrected chi connectivity index (χ3v) is 5.49. The van der Waals surface area contributed by atoms with E-state index in [9.17, 15) is 13.2 Å². The van der Waals surface area contributed by atoms with Crippen LogP contribution in [0.2, 0.25) is 0 Å². The summed E-state index contributed by atoms with van der Waals surface area (Å²) in [6, 6.07) is 9.03. The molecule has 0 bridgehead atoms. The summed E-state index contributed by atoms with van der Waals surface area (Å²) in [5, 5.41) is 6.64. The third-order valence-electron chi connectivity index (χ3n) is 5.49. The van der Waals surface area contributed by atoms with Gasteiger partial charge in [-0.1, -0.05) is 12.1 Å². The van der Waals surface area contributed by atoms with Gasteiger partial charge in [0, 0.05) is 32.7 Å². The van der Waals surface area contributed by atoms with Gasteiger partial charge in [0.2, 0.25) is 0 Å². The second-order valence-corrected chi connectivity index (χ2v) is 7.92. The predicted octanol–water partition coefficient (Wildman–Crippen LogP) is 5.40. The molecular formula is C23H31F3IN3O2. The molecule has 2 N–H and O–H groups in total. The molecule has 2 aromatic rings. The Morgan fingerprint density at radius 3 is 2.66 bits per heavy atom. The zero-order valence-corrected chi connectivity index (χ0v) is 20.5. The molecule has 0 unspecified atom stereocenters.